The summed E-state index contributed by atoms with van der Waals surface area (Å²) in [5.74, 6) is -1.84. The first kappa shape index (κ1) is 21.0. The summed E-state index contributed by atoms with van der Waals surface area (Å²) in [5, 5.41) is 19.8. The normalized spacial score (nSPS) is 16.1. The molecule has 7 nitrogen and oxygen atoms in total. The van der Waals surface area contributed by atoms with Gasteiger partial charge in [0.05, 0.1) is 23.1 Å². The molecule has 158 valence electrons. The molecule has 0 radical (unpaired) electrons. The van der Waals surface area contributed by atoms with E-state index in [-0.39, 0.29) is 21.6 Å². The molecule has 0 aromatic heterocycles. The number of nitriles is 1. The average Bonchev–Trinajstić information content (AvgIpc) is 2.83. The van der Waals surface area contributed by atoms with Gasteiger partial charge in [-0.05, 0) is 24.3 Å². The summed E-state index contributed by atoms with van der Waals surface area (Å²) in [6.45, 7) is -0.694. The van der Waals surface area contributed by atoms with Crippen molar-refractivity contribution in [1.82, 2.24) is 4.31 Å². The first-order valence-corrected chi connectivity index (χ1v) is 11.0. The van der Waals surface area contributed by atoms with Crippen LogP contribution in [0.4, 0.5) is 0 Å². The fraction of sp³-hybridized carbons (Fsp3) is 0.0417. The van der Waals surface area contributed by atoms with Crippen molar-refractivity contribution < 1.29 is 23.1 Å². The summed E-state index contributed by atoms with van der Waals surface area (Å²) >= 11 is 0. The van der Waals surface area contributed by atoms with Gasteiger partial charge in [0.25, 0.3) is 10.0 Å². The Labute approximate surface area is 184 Å². The third-order valence-electron chi connectivity index (χ3n) is 5.06. The van der Waals surface area contributed by atoms with Crippen LogP contribution in [-0.4, -0.2) is 35.9 Å². The molecule has 32 heavy (non-hydrogen) atoms. The molecular weight excluding hydrogens is 428 g/mol. The minimum atomic E-state index is -4.31. The molecule has 8 heteroatoms. The molecule has 1 heterocycles. The molecule has 0 fully saturated rings. The predicted octanol–water partition coefficient (Wildman–Crippen LogP) is 3.55. The van der Waals surface area contributed by atoms with Gasteiger partial charge >= 0.3 is 0 Å². The smallest absolute Gasteiger partial charge is 0.265 e. The Morgan fingerprint density at radius 1 is 0.906 bits per heavy atom. The molecule has 1 N–H and O–H groups in total. The number of Topliss-reactive ketones (excluding diaryl/α,β-unsaturated/α-hetero) is 2. The number of hydrogen-bond acceptors (Lipinski definition) is 6. The van der Waals surface area contributed by atoms with E-state index in [0.29, 0.717) is 9.87 Å². The summed E-state index contributed by atoms with van der Waals surface area (Å²) in [4.78, 5) is 25.9. The number of nitrogens with zero attached hydrogens (tertiary/aromatic N) is 2. The van der Waals surface area contributed by atoms with Crippen LogP contribution in [0, 0.1) is 11.3 Å². The second-order valence-electron chi connectivity index (χ2n) is 7.01. The van der Waals surface area contributed by atoms with Gasteiger partial charge in [-0.1, -0.05) is 54.6 Å². The van der Waals surface area contributed by atoms with E-state index in [9.17, 15) is 23.1 Å². The zero-order valence-corrected chi connectivity index (χ0v) is 17.4. The molecule has 3 aromatic rings. The van der Waals surface area contributed by atoms with Gasteiger partial charge in [-0.3, -0.25) is 13.9 Å². The lowest BCUT2D eigenvalue weighted by molar-refractivity contribution is 0.0952. The molecule has 0 spiro atoms. The predicted molar refractivity (Wildman–Crippen MR) is 116 cm³/mol. The van der Waals surface area contributed by atoms with E-state index in [4.69, 9.17) is 5.26 Å². The number of carbonyl (C=O) groups is 2. The molecule has 0 saturated carbocycles. The van der Waals surface area contributed by atoms with Gasteiger partial charge in [-0.15, -0.1) is 0 Å². The zero-order valence-electron chi connectivity index (χ0n) is 16.6. The number of benzene rings is 3. The molecule has 0 unspecified atom stereocenters. The molecular formula is C24H16N2O5S. The first-order valence-electron chi connectivity index (χ1n) is 9.53. The Morgan fingerprint density at radius 3 is 2.19 bits per heavy atom. The van der Waals surface area contributed by atoms with E-state index in [1.165, 1.54) is 60.7 Å². The Balaban J connectivity index is 1.87. The lowest BCUT2D eigenvalue weighted by Crippen LogP contribution is -2.42. The number of ketones is 2. The molecule has 0 bridgehead atoms. The molecule has 0 saturated heterocycles. The highest BCUT2D eigenvalue weighted by molar-refractivity contribution is 7.89. The molecule has 1 aliphatic heterocycles. The van der Waals surface area contributed by atoms with Crippen molar-refractivity contribution in [2.75, 3.05) is 6.54 Å². The van der Waals surface area contributed by atoms with Crippen molar-refractivity contribution in [2.45, 2.75) is 4.90 Å². The number of carbonyl (C=O) groups excluding carboxylic acids is 2. The summed E-state index contributed by atoms with van der Waals surface area (Å²) in [6, 6.07) is 21.4. The van der Waals surface area contributed by atoms with Crippen molar-refractivity contribution in [2.24, 2.45) is 0 Å². The number of aliphatic hydroxyl groups is 1. The maximum Gasteiger partial charge on any atom is 0.265 e. The Kier molecular flexibility index (Phi) is 5.34. The van der Waals surface area contributed by atoms with Gasteiger partial charge < -0.3 is 5.11 Å². The van der Waals surface area contributed by atoms with Crippen LogP contribution in [0.2, 0.25) is 0 Å². The molecule has 4 rings (SSSR count). The van der Waals surface area contributed by atoms with Crippen molar-refractivity contribution in [3.05, 3.63) is 107 Å². The maximum absolute atomic E-state index is 13.4. The maximum atomic E-state index is 13.4. The monoisotopic (exact) mass is 444 g/mol. The Hall–Kier alpha value is -4.22. The highest BCUT2D eigenvalue weighted by Crippen LogP contribution is 2.35. The van der Waals surface area contributed by atoms with Crippen molar-refractivity contribution in [3.8, 4) is 6.07 Å². The van der Waals surface area contributed by atoms with E-state index < -0.39 is 39.6 Å². The van der Waals surface area contributed by atoms with Gasteiger partial charge in [0.2, 0.25) is 5.78 Å². The van der Waals surface area contributed by atoms with Crippen LogP contribution in [0.3, 0.4) is 0 Å². The van der Waals surface area contributed by atoms with Crippen LogP contribution in [0.15, 0.2) is 89.5 Å². The second-order valence-corrected chi connectivity index (χ2v) is 8.84. The number of rotatable bonds is 4. The van der Waals surface area contributed by atoms with E-state index in [0.717, 1.165) is 0 Å². The largest absolute Gasteiger partial charge is 0.505 e. The average molecular weight is 444 g/mol. The lowest BCUT2D eigenvalue weighted by atomic mass is 10.0. The van der Waals surface area contributed by atoms with Gasteiger partial charge in [-0.25, -0.2) is 8.42 Å². The topological polar surface area (TPSA) is 116 Å². The minimum Gasteiger partial charge on any atom is -0.505 e. The van der Waals surface area contributed by atoms with Crippen LogP contribution in [-0.2, 0) is 10.0 Å². The summed E-state index contributed by atoms with van der Waals surface area (Å²) in [5.41, 5.74) is 0.188. The molecule has 1 aliphatic rings. The number of allylic oxidation sites excluding steroid dienone is 1. The Bertz CT molecular complexity index is 1400. The van der Waals surface area contributed by atoms with Crippen LogP contribution >= 0.6 is 0 Å². The van der Waals surface area contributed by atoms with Crippen LogP contribution in [0.25, 0.3) is 5.76 Å². The van der Waals surface area contributed by atoms with Crippen molar-refractivity contribution >= 4 is 27.3 Å². The summed E-state index contributed by atoms with van der Waals surface area (Å²) in [6.07, 6.45) is 0. The second kappa shape index (κ2) is 8.13. The van der Waals surface area contributed by atoms with Crippen LogP contribution in [0.5, 0.6) is 0 Å². The first-order chi connectivity index (χ1) is 15.3. The number of hydrogen-bond donors (Lipinski definition) is 1. The number of sulfonamides is 1. The lowest BCUT2D eigenvalue weighted by Gasteiger charge is -2.31. The quantitative estimate of drug-likeness (QED) is 0.374. The number of fused-ring (bicyclic) bond motifs is 1. The van der Waals surface area contributed by atoms with Gasteiger partial charge in [0, 0.05) is 16.7 Å². The minimum absolute atomic E-state index is 0.0768. The molecule has 0 atom stereocenters. The number of aliphatic hydroxyl groups excluding tert-OH is 1. The van der Waals surface area contributed by atoms with Crippen molar-refractivity contribution in [3.63, 3.8) is 0 Å². The SMILES string of the molecule is N#Cc1ccc(C(=O)CN2/C(=C(/O)c3ccccc3)C(=O)c3ccccc3S2(=O)=O)cc1. The third kappa shape index (κ3) is 3.55. The standard InChI is InChI=1S/C24H16N2O5S/c25-14-16-10-12-17(13-11-16)20(27)15-26-22(23(28)18-6-2-1-3-7-18)24(29)19-8-4-5-9-21(19)32(26,30)31/h1-13,28H,15H2/b23-22+. The van der Waals surface area contributed by atoms with E-state index in [1.807, 2.05) is 6.07 Å². The molecule has 3 aromatic carbocycles. The zero-order chi connectivity index (χ0) is 22.9. The van der Waals surface area contributed by atoms with E-state index in [2.05, 4.69) is 0 Å². The highest BCUT2D eigenvalue weighted by Gasteiger charge is 2.42. The molecule has 0 amide bonds. The summed E-state index contributed by atoms with van der Waals surface area (Å²) < 4.78 is 27.4. The van der Waals surface area contributed by atoms with Gasteiger partial charge in [0.15, 0.2) is 11.5 Å². The van der Waals surface area contributed by atoms with E-state index >= 15 is 0 Å². The van der Waals surface area contributed by atoms with Crippen molar-refractivity contribution in [1.29, 1.82) is 5.26 Å². The van der Waals surface area contributed by atoms with Gasteiger partial charge in [-0.2, -0.15) is 5.26 Å². The molecule has 0 aliphatic carbocycles. The van der Waals surface area contributed by atoms with Crippen LogP contribution in [0.1, 0.15) is 31.8 Å². The fourth-order valence-electron chi connectivity index (χ4n) is 3.43. The summed E-state index contributed by atoms with van der Waals surface area (Å²) in [7, 11) is -4.31. The van der Waals surface area contributed by atoms with Gasteiger partial charge in [0.1, 0.15) is 5.70 Å². The Morgan fingerprint density at radius 2 is 1.53 bits per heavy atom. The highest BCUT2D eigenvalue weighted by atomic mass is 32.2. The van der Waals surface area contributed by atoms with Crippen LogP contribution < -0.4 is 0 Å². The third-order valence-corrected chi connectivity index (χ3v) is 6.86. The fourth-order valence-corrected chi connectivity index (χ4v) is 5.06. The van der Waals surface area contributed by atoms with E-state index in [1.54, 1.807) is 18.2 Å².